The molecule has 0 radical (unpaired) electrons. The monoisotopic (exact) mass is 816 g/mol. The quantitative estimate of drug-likeness (QED) is 0.179. The average Bonchev–Trinajstić information content (AvgIpc) is 3.73. The van der Waals surface area contributed by atoms with Gasteiger partial charge >= 0.3 is 5.97 Å². The Labute approximate surface area is 347 Å². The number of hydrogen-bond acceptors (Lipinski definition) is 11. The Morgan fingerprint density at radius 1 is 0.763 bits per heavy atom. The summed E-state index contributed by atoms with van der Waals surface area (Å²) in [6, 6.07) is 3.40. The molecular formula is C48H64O11. The molecule has 59 heavy (non-hydrogen) atoms. The summed E-state index contributed by atoms with van der Waals surface area (Å²) in [6.45, 7) is 18.9. The van der Waals surface area contributed by atoms with E-state index in [0.29, 0.717) is 70.6 Å². The Balaban J connectivity index is 1.04. The fourth-order valence-electron chi connectivity index (χ4n) is 15.5. The van der Waals surface area contributed by atoms with Crippen molar-refractivity contribution in [1.29, 1.82) is 0 Å². The normalized spacial score (nSPS) is 44.5. The molecule has 4 aliphatic heterocycles. The first-order valence-corrected chi connectivity index (χ1v) is 22.3. The van der Waals surface area contributed by atoms with Crippen molar-refractivity contribution in [2.75, 3.05) is 0 Å². The van der Waals surface area contributed by atoms with Crippen molar-refractivity contribution in [2.45, 2.75) is 175 Å². The maximum absolute atomic E-state index is 12.5. The topological polar surface area (TPSA) is 164 Å². The van der Waals surface area contributed by atoms with Gasteiger partial charge in [0.15, 0.2) is 6.29 Å². The summed E-state index contributed by atoms with van der Waals surface area (Å²) in [7, 11) is 0. The molecule has 11 heteroatoms. The molecular weight excluding hydrogens is 753 g/mol. The number of esters is 1. The van der Waals surface area contributed by atoms with Gasteiger partial charge < -0.3 is 49.2 Å². The minimum absolute atomic E-state index is 0.0216. The van der Waals surface area contributed by atoms with Crippen molar-refractivity contribution in [3.05, 3.63) is 45.5 Å². The summed E-state index contributed by atoms with van der Waals surface area (Å²) in [6.07, 6.45) is 1.30. The molecule has 0 aromatic heterocycles. The third-order valence-electron chi connectivity index (χ3n) is 18.6. The van der Waals surface area contributed by atoms with Gasteiger partial charge in [0.1, 0.15) is 52.5 Å². The Bertz CT molecular complexity index is 2130. The average molecular weight is 817 g/mol. The van der Waals surface area contributed by atoms with E-state index in [2.05, 4.69) is 55.4 Å². The van der Waals surface area contributed by atoms with Crippen molar-refractivity contribution in [2.24, 2.45) is 45.3 Å². The molecule has 8 aliphatic rings. The zero-order chi connectivity index (χ0) is 42.1. The lowest BCUT2D eigenvalue weighted by Gasteiger charge is -2.65. The first-order chi connectivity index (χ1) is 27.6. The second-order valence-electron chi connectivity index (χ2n) is 21.9. The number of phenols is 2. The molecule has 322 valence electrons. The summed E-state index contributed by atoms with van der Waals surface area (Å²) < 4.78 is 34.0. The van der Waals surface area contributed by atoms with Crippen molar-refractivity contribution < 1.29 is 54.0 Å². The van der Waals surface area contributed by atoms with Crippen LogP contribution >= 0.6 is 0 Å². The number of aliphatic hydroxyl groups is 3. The number of carbonyl (C=O) groups excluding carboxylic acids is 1. The molecule has 4 aliphatic carbocycles. The van der Waals surface area contributed by atoms with Crippen LogP contribution in [0.4, 0.5) is 0 Å². The largest absolute Gasteiger partial charge is 0.508 e. The van der Waals surface area contributed by atoms with E-state index in [1.54, 1.807) is 12.1 Å². The smallest absolute Gasteiger partial charge is 0.303 e. The molecule has 4 saturated carbocycles. The zero-order valence-electron chi connectivity index (χ0n) is 36.2. The van der Waals surface area contributed by atoms with Crippen molar-refractivity contribution in [3.63, 3.8) is 0 Å². The number of hydrogen-bond donors (Lipinski definition) is 5. The molecule has 2 bridgehead atoms. The van der Waals surface area contributed by atoms with Crippen LogP contribution in [0.3, 0.4) is 0 Å². The fraction of sp³-hybridized carbons (Fsp3) is 0.729. The van der Waals surface area contributed by atoms with E-state index < -0.39 is 64.8 Å². The highest BCUT2D eigenvalue weighted by molar-refractivity contribution is 5.66. The molecule has 5 N–H and O–H groups in total. The number of rotatable bonds is 1. The van der Waals surface area contributed by atoms with E-state index in [1.807, 2.05) is 0 Å². The summed E-state index contributed by atoms with van der Waals surface area (Å²) in [4.78, 5) is 12.2. The van der Waals surface area contributed by atoms with E-state index in [4.69, 9.17) is 23.7 Å². The SMILES string of the molecule is CC(=O)O[C@@H]1[C@H](O)C[C@@]2(C)[C@@H](CC[C@@H](C)[C@]23Cc2c(O)cc4c(c2O3)[C@H]2OCc3cc(O)c5c(c3[C@H](O2)[C@H]4O)O[C@]2(C5)[C@H](C)CC[C@H]3C(C)(C)[C@H](O)CC[C@@]32C)C1(C)C. The second-order valence-corrected chi connectivity index (χ2v) is 21.9. The van der Waals surface area contributed by atoms with Gasteiger partial charge in [-0.15, -0.1) is 0 Å². The van der Waals surface area contributed by atoms with E-state index in [0.717, 1.165) is 32.1 Å². The zero-order valence-corrected chi connectivity index (χ0v) is 36.2. The van der Waals surface area contributed by atoms with Crippen molar-refractivity contribution in [3.8, 4) is 23.0 Å². The molecule has 11 nitrogen and oxygen atoms in total. The van der Waals surface area contributed by atoms with Crippen LogP contribution in [0.2, 0.25) is 0 Å². The second kappa shape index (κ2) is 12.5. The molecule has 10 rings (SSSR count). The lowest BCUT2D eigenvalue weighted by atomic mass is 9.43. The Hall–Kier alpha value is -3.09. The van der Waals surface area contributed by atoms with Gasteiger partial charge in [-0.05, 0) is 97.3 Å². The number of benzene rings is 2. The third-order valence-corrected chi connectivity index (χ3v) is 18.6. The van der Waals surface area contributed by atoms with Gasteiger partial charge in [-0.2, -0.15) is 0 Å². The molecule has 4 fully saturated rings. The van der Waals surface area contributed by atoms with Crippen LogP contribution in [-0.4, -0.2) is 61.0 Å². The molecule has 0 unspecified atom stereocenters. The van der Waals surface area contributed by atoms with Gasteiger partial charge in [-0.1, -0.05) is 55.4 Å². The van der Waals surface area contributed by atoms with E-state index in [9.17, 15) is 30.3 Å². The third kappa shape index (κ3) is 4.91. The number of phenolic OH excluding ortho intramolecular Hbond substituents is 2. The molecule has 2 aromatic rings. The van der Waals surface area contributed by atoms with Gasteiger partial charge in [-0.3, -0.25) is 4.79 Å². The number of carbonyl (C=O) groups is 1. The standard InChI is InChI=1S/C48H64O11/c1-22-10-12-32-43(4,5)34(53)14-15-45(32,8)47(22)18-27-29(50)16-25-21-55-42-36-26(37(54)40(57-42)35(25)38(27)58-47)17-30(51)28-19-48(59-39(28)36)23(2)11-13-33-44(6,7)41(56-24(3)49)31(52)20-46(33,48)9/h16-17,22-23,31-34,37,40-42,50-54H,10-15,18-21H2,1-9H3/t22-,23-,31-,32+,33+,34-,37+,40+,41-,42+,45+,46+,47-,48-/m1/s1. The predicted molar refractivity (Wildman–Crippen MR) is 216 cm³/mol. The first-order valence-electron chi connectivity index (χ1n) is 22.3. The summed E-state index contributed by atoms with van der Waals surface area (Å²) >= 11 is 0. The maximum atomic E-state index is 12.5. The minimum atomic E-state index is -1.23. The number of ether oxygens (including phenoxy) is 5. The van der Waals surface area contributed by atoms with Crippen LogP contribution < -0.4 is 9.47 Å². The lowest BCUT2D eigenvalue weighted by molar-refractivity contribution is -0.247. The summed E-state index contributed by atoms with van der Waals surface area (Å²) in [5.41, 5.74) is 0.491. The van der Waals surface area contributed by atoms with Gasteiger partial charge in [0.2, 0.25) is 0 Å². The summed E-state index contributed by atoms with van der Waals surface area (Å²) in [5, 5.41) is 59.2. The van der Waals surface area contributed by atoms with E-state index >= 15 is 0 Å². The predicted octanol–water partition coefficient (Wildman–Crippen LogP) is 7.79. The molecule has 2 aromatic carbocycles. The van der Waals surface area contributed by atoms with Gasteiger partial charge in [0, 0.05) is 52.7 Å². The highest BCUT2D eigenvalue weighted by Crippen LogP contribution is 2.71. The van der Waals surface area contributed by atoms with Crippen LogP contribution in [0.15, 0.2) is 12.1 Å². The van der Waals surface area contributed by atoms with Crippen LogP contribution in [0, 0.1) is 45.3 Å². The summed E-state index contributed by atoms with van der Waals surface area (Å²) in [5.74, 6) is 1.20. The fourth-order valence-corrected chi connectivity index (χ4v) is 15.5. The van der Waals surface area contributed by atoms with Crippen LogP contribution in [0.25, 0.3) is 0 Å². The molecule has 0 saturated heterocycles. The van der Waals surface area contributed by atoms with Gasteiger partial charge in [0.05, 0.1) is 24.4 Å². The number of aliphatic hydroxyl groups excluding tert-OH is 3. The van der Waals surface area contributed by atoms with Crippen molar-refractivity contribution >= 4 is 5.97 Å². The molecule has 2 spiro atoms. The Morgan fingerprint density at radius 3 is 1.97 bits per heavy atom. The molecule has 0 amide bonds. The molecule has 4 heterocycles. The molecule has 14 atom stereocenters. The van der Waals surface area contributed by atoms with E-state index in [1.165, 1.54) is 6.92 Å². The lowest BCUT2D eigenvalue weighted by Crippen LogP contribution is -2.69. The highest BCUT2D eigenvalue weighted by atomic mass is 16.7. The van der Waals surface area contributed by atoms with Gasteiger partial charge in [0.25, 0.3) is 0 Å². The minimum Gasteiger partial charge on any atom is -0.508 e. The van der Waals surface area contributed by atoms with Crippen LogP contribution in [-0.2, 0) is 38.5 Å². The Morgan fingerprint density at radius 2 is 1.34 bits per heavy atom. The first kappa shape index (κ1) is 40.0. The van der Waals surface area contributed by atoms with Crippen LogP contribution in [0.5, 0.6) is 23.0 Å². The van der Waals surface area contributed by atoms with E-state index in [-0.39, 0.29) is 52.6 Å². The highest BCUT2D eigenvalue weighted by Gasteiger charge is 2.71. The van der Waals surface area contributed by atoms with Gasteiger partial charge in [-0.25, -0.2) is 0 Å². The van der Waals surface area contributed by atoms with Crippen molar-refractivity contribution in [1.82, 2.24) is 0 Å². The number of aromatic hydroxyl groups is 2. The maximum Gasteiger partial charge on any atom is 0.303 e. The Kier molecular flexibility index (Phi) is 8.49. The van der Waals surface area contributed by atoms with Crippen LogP contribution in [0.1, 0.15) is 159 Å². The number of fused-ring (bicyclic) bond motifs is 14.